The molecule has 2 heterocycles. The molecule has 0 aliphatic carbocycles. The van der Waals surface area contributed by atoms with Gasteiger partial charge in [-0.3, -0.25) is 14.5 Å². The number of benzene rings is 1. The molecule has 0 aromatic heterocycles. The number of anilines is 2. The number of rotatable bonds is 6. The highest BCUT2D eigenvalue weighted by Gasteiger charge is 2.18. The molecule has 0 spiro atoms. The van der Waals surface area contributed by atoms with Crippen molar-refractivity contribution >= 4 is 48.0 Å². The van der Waals surface area contributed by atoms with Gasteiger partial charge in [-0.15, -0.1) is 24.8 Å². The second-order valence-corrected chi connectivity index (χ2v) is 7.36. The predicted octanol–water partition coefficient (Wildman–Crippen LogP) is 3.43. The van der Waals surface area contributed by atoms with E-state index >= 15 is 0 Å². The molecule has 1 atom stereocenters. The minimum absolute atomic E-state index is 0. The van der Waals surface area contributed by atoms with Crippen LogP contribution in [0.5, 0.6) is 0 Å². The van der Waals surface area contributed by atoms with Gasteiger partial charge in [0.1, 0.15) is 0 Å². The minimum Gasteiger partial charge on any atom is -0.326 e. The van der Waals surface area contributed by atoms with Crippen LogP contribution in [-0.2, 0) is 9.59 Å². The zero-order chi connectivity index (χ0) is 18.2. The average Bonchev–Trinajstić information content (AvgIpc) is 2.97. The summed E-state index contributed by atoms with van der Waals surface area (Å²) in [6.07, 6.45) is 7.55. The first kappa shape index (κ1) is 24.7. The first-order valence-electron chi connectivity index (χ1n) is 9.84. The van der Waals surface area contributed by atoms with E-state index in [1.54, 1.807) is 0 Å². The Hall–Kier alpha value is -1.34. The van der Waals surface area contributed by atoms with Crippen LogP contribution in [-0.4, -0.2) is 48.9 Å². The fourth-order valence-corrected chi connectivity index (χ4v) is 3.74. The van der Waals surface area contributed by atoms with Crippen molar-refractivity contribution in [2.45, 2.75) is 51.0 Å². The van der Waals surface area contributed by atoms with E-state index in [2.05, 4.69) is 20.9 Å². The highest BCUT2D eigenvalue weighted by Crippen LogP contribution is 2.17. The van der Waals surface area contributed by atoms with Crippen molar-refractivity contribution in [3.8, 4) is 0 Å². The van der Waals surface area contributed by atoms with Gasteiger partial charge in [-0.05, 0) is 63.5 Å². The van der Waals surface area contributed by atoms with Crippen LogP contribution in [0.15, 0.2) is 24.3 Å². The fraction of sp³-hybridized carbons (Fsp3) is 0.600. The molecule has 2 amide bonds. The normalized spacial score (nSPS) is 19.6. The molecule has 6 nitrogen and oxygen atoms in total. The third-order valence-electron chi connectivity index (χ3n) is 5.09. The maximum atomic E-state index is 12.3. The summed E-state index contributed by atoms with van der Waals surface area (Å²) in [5.74, 6) is 0.0166. The van der Waals surface area contributed by atoms with Gasteiger partial charge in [0.05, 0.1) is 6.54 Å². The van der Waals surface area contributed by atoms with Gasteiger partial charge in [0.15, 0.2) is 0 Å². The van der Waals surface area contributed by atoms with Gasteiger partial charge >= 0.3 is 0 Å². The molecule has 8 heteroatoms. The van der Waals surface area contributed by atoms with Crippen LogP contribution in [0.4, 0.5) is 11.4 Å². The maximum Gasteiger partial charge on any atom is 0.238 e. The summed E-state index contributed by atoms with van der Waals surface area (Å²) in [6, 6.07) is 7.66. The van der Waals surface area contributed by atoms with Gasteiger partial charge < -0.3 is 16.0 Å². The standard InChI is InChI=1S/C20H30N4O2.2ClH/c25-19(14-16-9-6-10-21-16)22-17-7-5-8-18(13-17)23-20(26)15-24-11-3-1-2-4-12-24;;/h5,7-8,13,16,21H,1-4,6,9-12,14-15H2,(H,22,25)(H,23,26);2*1H. The Labute approximate surface area is 180 Å². The Morgan fingerprint density at radius 2 is 1.61 bits per heavy atom. The number of hydrogen-bond donors (Lipinski definition) is 3. The molecule has 0 radical (unpaired) electrons. The summed E-state index contributed by atoms with van der Waals surface area (Å²) < 4.78 is 0. The summed E-state index contributed by atoms with van der Waals surface area (Å²) in [4.78, 5) is 26.7. The van der Waals surface area contributed by atoms with Gasteiger partial charge in [-0.25, -0.2) is 0 Å². The first-order valence-corrected chi connectivity index (χ1v) is 9.84. The Kier molecular flexibility index (Phi) is 11.5. The Morgan fingerprint density at radius 3 is 2.21 bits per heavy atom. The number of nitrogens with one attached hydrogen (secondary N) is 3. The molecule has 2 aliphatic rings. The lowest BCUT2D eigenvalue weighted by Crippen LogP contribution is -2.33. The third-order valence-corrected chi connectivity index (χ3v) is 5.09. The van der Waals surface area contributed by atoms with Crippen LogP contribution in [0.1, 0.15) is 44.9 Å². The molecule has 1 aromatic rings. The molecule has 3 rings (SSSR count). The minimum atomic E-state index is 0. The van der Waals surface area contributed by atoms with Crippen LogP contribution in [0, 0.1) is 0 Å². The second kappa shape index (κ2) is 13.0. The third kappa shape index (κ3) is 8.35. The molecule has 28 heavy (non-hydrogen) atoms. The van der Waals surface area contributed by atoms with E-state index in [1.165, 1.54) is 25.7 Å². The van der Waals surface area contributed by atoms with Gasteiger partial charge in [0.2, 0.25) is 11.8 Å². The van der Waals surface area contributed by atoms with Crippen LogP contribution >= 0.6 is 24.8 Å². The topological polar surface area (TPSA) is 73.5 Å². The smallest absolute Gasteiger partial charge is 0.238 e. The van der Waals surface area contributed by atoms with E-state index in [-0.39, 0.29) is 42.7 Å². The van der Waals surface area contributed by atoms with Crippen molar-refractivity contribution in [1.29, 1.82) is 0 Å². The molecule has 158 valence electrons. The van der Waals surface area contributed by atoms with E-state index < -0.39 is 0 Å². The molecule has 2 fully saturated rings. The fourth-order valence-electron chi connectivity index (χ4n) is 3.74. The van der Waals surface area contributed by atoms with Gasteiger partial charge in [0, 0.05) is 23.8 Å². The first-order chi connectivity index (χ1) is 12.7. The number of likely N-dealkylation sites (tertiary alicyclic amines) is 1. The van der Waals surface area contributed by atoms with Crippen LogP contribution in [0.2, 0.25) is 0 Å². The summed E-state index contributed by atoms with van der Waals surface area (Å²) in [5, 5.41) is 9.22. The van der Waals surface area contributed by atoms with E-state index in [4.69, 9.17) is 0 Å². The highest BCUT2D eigenvalue weighted by atomic mass is 35.5. The average molecular weight is 431 g/mol. The predicted molar refractivity (Wildman–Crippen MR) is 119 cm³/mol. The molecular formula is C20H32Cl2N4O2. The number of carbonyl (C=O) groups is 2. The molecular weight excluding hydrogens is 399 g/mol. The monoisotopic (exact) mass is 430 g/mol. The Morgan fingerprint density at radius 1 is 0.964 bits per heavy atom. The number of carbonyl (C=O) groups excluding carboxylic acids is 2. The molecule has 3 N–H and O–H groups in total. The van der Waals surface area contributed by atoms with Crippen molar-refractivity contribution in [1.82, 2.24) is 10.2 Å². The Bertz CT molecular complexity index is 616. The van der Waals surface area contributed by atoms with Crippen molar-refractivity contribution in [2.75, 3.05) is 36.8 Å². The lowest BCUT2D eigenvalue weighted by atomic mass is 10.1. The molecule has 2 saturated heterocycles. The summed E-state index contributed by atoms with van der Waals surface area (Å²) in [5.41, 5.74) is 1.45. The summed E-state index contributed by atoms with van der Waals surface area (Å²) in [7, 11) is 0. The van der Waals surface area contributed by atoms with Crippen LogP contribution < -0.4 is 16.0 Å². The molecule has 1 aromatic carbocycles. The zero-order valence-electron chi connectivity index (χ0n) is 16.2. The number of hydrogen-bond acceptors (Lipinski definition) is 4. The zero-order valence-corrected chi connectivity index (χ0v) is 17.9. The van der Waals surface area contributed by atoms with Gasteiger partial charge in [0.25, 0.3) is 0 Å². The Balaban J connectivity index is 0.00000196. The van der Waals surface area contributed by atoms with E-state index in [1.807, 2.05) is 24.3 Å². The van der Waals surface area contributed by atoms with Gasteiger partial charge in [-0.1, -0.05) is 18.9 Å². The van der Waals surface area contributed by atoms with Crippen molar-refractivity contribution < 1.29 is 9.59 Å². The largest absolute Gasteiger partial charge is 0.326 e. The van der Waals surface area contributed by atoms with Crippen molar-refractivity contribution in [3.05, 3.63) is 24.3 Å². The molecule has 0 bridgehead atoms. The highest BCUT2D eigenvalue weighted by molar-refractivity contribution is 5.95. The van der Waals surface area contributed by atoms with Crippen molar-refractivity contribution in [3.63, 3.8) is 0 Å². The maximum absolute atomic E-state index is 12.3. The SMILES string of the molecule is Cl.Cl.O=C(CC1CCCN1)Nc1cccc(NC(=O)CN2CCCCCC2)c1. The van der Waals surface area contributed by atoms with E-state index in [0.717, 1.165) is 43.9 Å². The van der Waals surface area contributed by atoms with Crippen LogP contribution in [0.3, 0.4) is 0 Å². The lowest BCUT2D eigenvalue weighted by Gasteiger charge is -2.19. The summed E-state index contributed by atoms with van der Waals surface area (Å²) in [6.45, 7) is 3.43. The van der Waals surface area contributed by atoms with Gasteiger partial charge in [-0.2, -0.15) is 0 Å². The lowest BCUT2D eigenvalue weighted by molar-refractivity contribution is -0.117. The van der Waals surface area contributed by atoms with Crippen molar-refractivity contribution in [2.24, 2.45) is 0 Å². The van der Waals surface area contributed by atoms with E-state index in [9.17, 15) is 9.59 Å². The molecule has 1 unspecified atom stereocenters. The van der Waals surface area contributed by atoms with Crippen LogP contribution in [0.25, 0.3) is 0 Å². The number of nitrogens with zero attached hydrogens (tertiary/aromatic N) is 1. The quantitative estimate of drug-likeness (QED) is 0.646. The second-order valence-electron chi connectivity index (χ2n) is 7.36. The molecule has 0 saturated carbocycles. The molecule has 2 aliphatic heterocycles. The number of halogens is 2. The number of amides is 2. The summed E-state index contributed by atoms with van der Waals surface area (Å²) >= 11 is 0. The van der Waals surface area contributed by atoms with E-state index in [0.29, 0.717) is 13.0 Å².